The fraction of sp³-hybridized carbons (Fsp3) is 0.150. The maximum absolute atomic E-state index is 13.3. The van der Waals surface area contributed by atoms with Crippen molar-refractivity contribution in [2.24, 2.45) is 0 Å². The lowest BCUT2D eigenvalue weighted by Crippen LogP contribution is -2.37. The van der Waals surface area contributed by atoms with E-state index in [9.17, 15) is 9.18 Å². The van der Waals surface area contributed by atoms with Crippen molar-refractivity contribution in [2.45, 2.75) is 6.42 Å². The molecule has 5 heteroatoms. The van der Waals surface area contributed by atoms with Gasteiger partial charge in [-0.3, -0.25) is 0 Å². The molecule has 2 N–H and O–H groups in total. The van der Waals surface area contributed by atoms with E-state index in [2.05, 4.69) is 16.4 Å². The van der Waals surface area contributed by atoms with Gasteiger partial charge in [0.25, 0.3) is 0 Å². The van der Waals surface area contributed by atoms with E-state index in [0.29, 0.717) is 13.1 Å². The lowest BCUT2D eigenvalue weighted by Gasteiger charge is -2.26. The van der Waals surface area contributed by atoms with Crippen LogP contribution in [0.4, 0.5) is 14.9 Å². The Labute approximate surface area is 145 Å². The fourth-order valence-electron chi connectivity index (χ4n) is 3.19. The van der Waals surface area contributed by atoms with E-state index < -0.39 is 0 Å². The van der Waals surface area contributed by atoms with Crippen LogP contribution in [0.15, 0.2) is 60.8 Å². The van der Waals surface area contributed by atoms with Crippen LogP contribution in [-0.4, -0.2) is 29.0 Å². The summed E-state index contributed by atoms with van der Waals surface area (Å²) in [5, 5.41) is 3.92. The molecule has 4 nitrogen and oxygen atoms in total. The number of anilines is 1. The molecule has 0 spiro atoms. The van der Waals surface area contributed by atoms with Crippen LogP contribution < -0.4 is 5.32 Å². The van der Waals surface area contributed by atoms with Crippen molar-refractivity contribution >= 4 is 28.2 Å². The molecule has 0 unspecified atom stereocenters. The summed E-state index contributed by atoms with van der Waals surface area (Å²) in [5.74, 6) is -0.248. The zero-order valence-corrected chi connectivity index (χ0v) is 13.6. The van der Waals surface area contributed by atoms with Crippen LogP contribution in [-0.2, 0) is 0 Å². The number of rotatable bonds is 2. The first-order valence-corrected chi connectivity index (χ1v) is 8.28. The summed E-state index contributed by atoms with van der Waals surface area (Å²) in [4.78, 5) is 17.3. The molecule has 0 radical (unpaired) electrons. The molecule has 4 rings (SSSR count). The number of amides is 2. The number of hydrogen-bond acceptors (Lipinski definition) is 1. The van der Waals surface area contributed by atoms with Crippen molar-refractivity contribution in [3.05, 3.63) is 72.2 Å². The number of halogens is 1. The number of H-pyrrole nitrogens is 1. The van der Waals surface area contributed by atoms with Crippen molar-refractivity contribution in [1.82, 2.24) is 9.88 Å². The molecular weight excluding hydrogens is 317 g/mol. The first kappa shape index (κ1) is 15.4. The minimum absolute atomic E-state index is 0.0949. The molecule has 3 aromatic rings. The predicted octanol–water partition coefficient (Wildman–Crippen LogP) is 4.63. The predicted molar refractivity (Wildman–Crippen MR) is 97.9 cm³/mol. The summed E-state index contributed by atoms with van der Waals surface area (Å²) in [5.41, 5.74) is 3.85. The number of hydrogen-bond donors (Lipinski definition) is 2. The van der Waals surface area contributed by atoms with E-state index in [1.165, 1.54) is 17.7 Å². The highest BCUT2D eigenvalue weighted by molar-refractivity contribution is 5.94. The molecule has 126 valence electrons. The highest BCUT2D eigenvalue weighted by Crippen LogP contribution is 2.29. The van der Waals surface area contributed by atoms with Crippen LogP contribution in [0.3, 0.4) is 0 Å². The molecule has 25 heavy (non-hydrogen) atoms. The van der Waals surface area contributed by atoms with Gasteiger partial charge in [-0.1, -0.05) is 24.3 Å². The van der Waals surface area contributed by atoms with Crippen LogP contribution in [0.25, 0.3) is 16.5 Å². The Morgan fingerprint density at radius 2 is 2.00 bits per heavy atom. The maximum atomic E-state index is 13.3. The molecule has 1 aliphatic rings. The average molecular weight is 335 g/mol. The summed E-state index contributed by atoms with van der Waals surface area (Å²) in [6, 6.07) is 14.1. The highest BCUT2D eigenvalue weighted by Gasteiger charge is 2.19. The quantitative estimate of drug-likeness (QED) is 0.705. The number of carbonyl (C=O) groups is 1. The average Bonchev–Trinajstić information content (AvgIpc) is 3.05. The molecule has 0 bridgehead atoms. The Morgan fingerprint density at radius 3 is 2.76 bits per heavy atom. The van der Waals surface area contributed by atoms with Crippen molar-refractivity contribution in [3.8, 4) is 0 Å². The molecular formula is C20H18FN3O. The largest absolute Gasteiger partial charge is 0.360 e. The summed E-state index contributed by atoms with van der Waals surface area (Å²) in [7, 11) is 0. The van der Waals surface area contributed by atoms with Gasteiger partial charge >= 0.3 is 6.03 Å². The zero-order chi connectivity index (χ0) is 17.2. The molecule has 1 aliphatic heterocycles. The Balaban J connectivity index is 1.49. The zero-order valence-electron chi connectivity index (χ0n) is 13.6. The van der Waals surface area contributed by atoms with Crippen LogP contribution in [0.2, 0.25) is 0 Å². The molecule has 2 amide bonds. The number of carbonyl (C=O) groups excluding carboxylic acids is 1. The first-order chi connectivity index (χ1) is 12.2. The summed E-state index contributed by atoms with van der Waals surface area (Å²) in [6.45, 7) is 1.21. The maximum Gasteiger partial charge on any atom is 0.322 e. The number of nitrogens with one attached hydrogen (secondary N) is 2. The van der Waals surface area contributed by atoms with Gasteiger partial charge in [0.1, 0.15) is 5.82 Å². The monoisotopic (exact) mass is 335 g/mol. The van der Waals surface area contributed by atoms with Crippen molar-refractivity contribution < 1.29 is 9.18 Å². The normalized spacial score (nSPS) is 14.4. The van der Waals surface area contributed by atoms with E-state index in [4.69, 9.17) is 0 Å². The van der Waals surface area contributed by atoms with Gasteiger partial charge in [0.2, 0.25) is 0 Å². The molecule has 0 saturated heterocycles. The molecule has 0 aliphatic carbocycles. The van der Waals surface area contributed by atoms with Gasteiger partial charge in [-0.15, -0.1) is 0 Å². The number of benzene rings is 2. The van der Waals surface area contributed by atoms with E-state index in [-0.39, 0.29) is 11.8 Å². The van der Waals surface area contributed by atoms with Crippen LogP contribution in [0.5, 0.6) is 0 Å². The third kappa shape index (κ3) is 3.13. The Morgan fingerprint density at radius 1 is 1.16 bits per heavy atom. The van der Waals surface area contributed by atoms with Gasteiger partial charge in [-0.05, 0) is 42.3 Å². The Kier molecular flexibility index (Phi) is 3.98. The SMILES string of the molecule is O=C(Nc1ccccc1)N1CC=C(c2c[nH]c3cc(F)ccc23)CC1. The first-order valence-electron chi connectivity index (χ1n) is 8.28. The van der Waals surface area contributed by atoms with Crippen molar-refractivity contribution in [3.63, 3.8) is 0 Å². The van der Waals surface area contributed by atoms with Gasteiger partial charge in [-0.2, -0.15) is 0 Å². The lowest BCUT2D eigenvalue weighted by molar-refractivity contribution is 0.217. The van der Waals surface area contributed by atoms with Gasteiger partial charge < -0.3 is 15.2 Å². The van der Waals surface area contributed by atoms with Crippen LogP contribution in [0.1, 0.15) is 12.0 Å². The van der Waals surface area contributed by atoms with Gasteiger partial charge in [0.15, 0.2) is 0 Å². The molecule has 0 fully saturated rings. The fourth-order valence-corrected chi connectivity index (χ4v) is 3.19. The van der Waals surface area contributed by atoms with Crippen LogP contribution in [0, 0.1) is 5.82 Å². The molecule has 0 saturated carbocycles. The lowest BCUT2D eigenvalue weighted by atomic mass is 9.99. The number of fused-ring (bicyclic) bond motifs is 1. The number of nitrogens with zero attached hydrogens (tertiary/aromatic N) is 1. The van der Waals surface area contributed by atoms with Gasteiger partial charge in [-0.25, -0.2) is 9.18 Å². The summed E-state index contributed by atoms with van der Waals surface area (Å²) < 4.78 is 13.3. The number of urea groups is 1. The molecule has 1 aromatic heterocycles. The van der Waals surface area contributed by atoms with Gasteiger partial charge in [0, 0.05) is 41.4 Å². The standard InChI is InChI=1S/C20H18FN3O/c21-15-6-7-17-18(13-22-19(17)12-15)14-8-10-24(11-9-14)20(25)23-16-4-2-1-3-5-16/h1-8,12-13,22H,9-11H2,(H,23,25). The van der Waals surface area contributed by atoms with Crippen molar-refractivity contribution in [2.75, 3.05) is 18.4 Å². The number of aromatic amines is 1. The second kappa shape index (κ2) is 6.43. The second-order valence-electron chi connectivity index (χ2n) is 6.11. The van der Waals surface area contributed by atoms with Crippen LogP contribution >= 0.6 is 0 Å². The Bertz CT molecular complexity index is 946. The van der Waals surface area contributed by atoms with Crippen molar-refractivity contribution in [1.29, 1.82) is 0 Å². The summed E-state index contributed by atoms with van der Waals surface area (Å²) in [6.07, 6.45) is 4.75. The smallest absolute Gasteiger partial charge is 0.322 e. The molecule has 0 atom stereocenters. The van der Waals surface area contributed by atoms with E-state index >= 15 is 0 Å². The highest BCUT2D eigenvalue weighted by atomic mass is 19.1. The molecule has 2 heterocycles. The third-order valence-corrected chi connectivity index (χ3v) is 4.51. The topological polar surface area (TPSA) is 48.1 Å². The van der Waals surface area contributed by atoms with E-state index in [1.54, 1.807) is 11.0 Å². The second-order valence-corrected chi connectivity index (χ2v) is 6.11. The van der Waals surface area contributed by atoms with E-state index in [0.717, 1.165) is 28.6 Å². The number of para-hydroxylation sites is 1. The minimum Gasteiger partial charge on any atom is -0.360 e. The number of aromatic nitrogens is 1. The summed E-state index contributed by atoms with van der Waals surface area (Å²) >= 11 is 0. The Hall–Kier alpha value is -3.08. The van der Waals surface area contributed by atoms with Gasteiger partial charge in [0.05, 0.1) is 0 Å². The molecule has 2 aromatic carbocycles. The van der Waals surface area contributed by atoms with E-state index in [1.807, 2.05) is 36.5 Å². The third-order valence-electron chi connectivity index (χ3n) is 4.51. The minimum atomic E-state index is -0.248.